The predicted molar refractivity (Wildman–Crippen MR) is 115 cm³/mol. The number of nitrogens with zero attached hydrogens (tertiary/aromatic N) is 2. The van der Waals surface area contributed by atoms with Gasteiger partial charge in [-0.2, -0.15) is 0 Å². The van der Waals surface area contributed by atoms with Gasteiger partial charge in [-0.15, -0.1) is 11.3 Å². The highest BCUT2D eigenvalue weighted by molar-refractivity contribution is 7.15. The van der Waals surface area contributed by atoms with Crippen molar-refractivity contribution in [1.29, 1.82) is 0 Å². The Balaban J connectivity index is 1.49. The van der Waals surface area contributed by atoms with Crippen LogP contribution in [0.2, 0.25) is 4.47 Å². The molecular formula is C20H27ClN4O2S. The Labute approximate surface area is 175 Å². The van der Waals surface area contributed by atoms with Gasteiger partial charge >= 0.3 is 6.09 Å². The average Bonchev–Trinajstić information content (AvgIpc) is 3.05. The Morgan fingerprint density at radius 3 is 2.68 bits per heavy atom. The van der Waals surface area contributed by atoms with Gasteiger partial charge in [0.1, 0.15) is 5.60 Å². The van der Waals surface area contributed by atoms with Crippen LogP contribution in [0.3, 0.4) is 0 Å². The predicted octanol–water partition coefficient (Wildman–Crippen LogP) is 5.22. The van der Waals surface area contributed by atoms with Gasteiger partial charge in [-0.1, -0.05) is 11.6 Å². The molecule has 0 bridgehead atoms. The number of rotatable bonds is 5. The summed E-state index contributed by atoms with van der Waals surface area (Å²) in [6.45, 7) is 7.78. The quantitative estimate of drug-likeness (QED) is 0.691. The van der Waals surface area contributed by atoms with Crippen molar-refractivity contribution < 1.29 is 9.53 Å². The number of nitrogens with one attached hydrogen (secondary N) is 2. The fourth-order valence-electron chi connectivity index (χ4n) is 3.06. The van der Waals surface area contributed by atoms with E-state index in [9.17, 15) is 4.79 Å². The van der Waals surface area contributed by atoms with Crippen LogP contribution in [0.4, 0.5) is 16.2 Å². The van der Waals surface area contributed by atoms with Crippen molar-refractivity contribution in [1.82, 2.24) is 9.88 Å². The van der Waals surface area contributed by atoms with Gasteiger partial charge in [-0.05, 0) is 57.9 Å². The molecular weight excluding hydrogens is 396 g/mol. The maximum atomic E-state index is 12.3. The standard InChI is InChI=1S/C20H27ClN4O2S/c1-20(2,3)27-19(26)25-10-4-5-16(13-25)24-15-8-6-14(7-9-15)22-11-17-12-23-18(21)28-17/h6-9,12,16,22,24H,4-5,10-11,13H2,1-3H3. The van der Waals surface area contributed by atoms with Gasteiger partial charge < -0.3 is 20.3 Å². The number of carbonyl (C=O) groups excluding carboxylic acids is 1. The zero-order valence-electron chi connectivity index (χ0n) is 16.5. The summed E-state index contributed by atoms with van der Waals surface area (Å²) in [6.07, 6.45) is 3.55. The number of amides is 1. The van der Waals surface area contributed by atoms with Crippen molar-refractivity contribution >= 4 is 40.4 Å². The Hall–Kier alpha value is -1.99. The number of piperidine rings is 1. The van der Waals surface area contributed by atoms with Crippen LogP contribution in [0.25, 0.3) is 0 Å². The van der Waals surface area contributed by atoms with Crippen LogP contribution in [0.1, 0.15) is 38.5 Å². The summed E-state index contributed by atoms with van der Waals surface area (Å²) in [5, 5.41) is 6.89. The van der Waals surface area contributed by atoms with E-state index in [1.54, 1.807) is 11.1 Å². The summed E-state index contributed by atoms with van der Waals surface area (Å²) in [6, 6.07) is 8.40. The van der Waals surface area contributed by atoms with Gasteiger partial charge in [0.2, 0.25) is 0 Å². The molecule has 1 aliphatic rings. The smallest absolute Gasteiger partial charge is 0.410 e. The Kier molecular flexibility index (Phi) is 6.67. The van der Waals surface area contributed by atoms with Gasteiger partial charge in [0, 0.05) is 41.6 Å². The van der Waals surface area contributed by atoms with Crippen LogP contribution in [0.5, 0.6) is 0 Å². The second-order valence-electron chi connectivity index (χ2n) is 7.92. The van der Waals surface area contributed by atoms with Crippen molar-refractivity contribution in [3.63, 3.8) is 0 Å². The van der Waals surface area contributed by atoms with Gasteiger partial charge in [-0.3, -0.25) is 0 Å². The van der Waals surface area contributed by atoms with Crippen LogP contribution in [-0.2, 0) is 11.3 Å². The van der Waals surface area contributed by atoms with Crippen LogP contribution >= 0.6 is 22.9 Å². The van der Waals surface area contributed by atoms with Gasteiger partial charge in [-0.25, -0.2) is 9.78 Å². The lowest BCUT2D eigenvalue weighted by molar-refractivity contribution is 0.0206. The number of ether oxygens (including phenoxy) is 1. The van der Waals surface area contributed by atoms with Crippen molar-refractivity contribution in [2.45, 2.75) is 51.8 Å². The summed E-state index contributed by atoms with van der Waals surface area (Å²) in [5.41, 5.74) is 1.61. The zero-order valence-corrected chi connectivity index (χ0v) is 18.1. The molecule has 2 heterocycles. The molecule has 3 rings (SSSR count). The number of likely N-dealkylation sites (tertiary alicyclic amines) is 1. The molecule has 1 amide bonds. The van der Waals surface area contributed by atoms with Crippen LogP contribution in [0, 0.1) is 0 Å². The van der Waals surface area contributed by atoms with E-state index in [0.29, 0.717) is 17.6 Å². The van der Waals surface area contributed by atoms with Gasteiger partial charge in [0.05, 0.1) is 6.54 Å². The highest BCUT2D eigenvalue weighted by atomic mass is 35.5. The number of anilines is 2. The van der Waals surface area contributed by atoms with E-state index < -0.39 is 5.60 Å². The fourth-order valence-corrected chi connectivity index (χ4v) is 3.98. The molecule has 152 valence electrons. The number of thiazole rings is 1. The lowest BCUT2D eigenvalue weighted by atomic mass is 10.1. The Morgan fingerprint density at radius 2 is 2.04 bits per heavy atom. The minimum atomic E-state index is -0.467. The van der Waals surface area contributed by atoms with E-state index >= 15 is 0 Å². The Bertz CT molecular complexity index is 788. The first-order valence-electron chi connectivity index (χ1n) is 9.47. The molecule has 1 atom stereocenters. The lowest BCUT2D eigenvalue weighted by Gasteiger charge is -2.34. The van der Waals surface area contributed by atoms with E-state index in [-0.39, 0.29) is 12.1 Å². The molecule has 1 saturated heterocycles. The molecule has 1 unspecified atom stereocenters. The number of aromatic nitrogens is 1. The first kappa shape index (κ1) is 20.7. The molecule has 0 spiro atoms. The number of carbonyl (C=O) groups is 1. The van der Waals surface area contributed by atoms with Gasteiger partial charge in [0.25, 0.3) is 0 Å². The molecule has 1 aromatic heterocycles. The first-order chi connectivity index (χ1) is 13.3. The minimum absolute atomic E-state index is 0.222. The van der Waals surface area contributed by atoms with Crippen LogP contribution in [0.15, 0.2) is 30.5 Å². The summed E-state index contributed by atoms with van der Waals surface area (Å²) in [5.74, 6) is 0. The SMILES string of the molecule is CC(C)(C)OC(=O)N1CCCC(Nc2ccc(NCc3cnc(Cl)s3)cc2)C1. The van der Waals surface area contributed by atoms with Crippen molar-refractivity contribution in [2.24, 2.45) is 0 Å². The second kappa shape index (κ2) is 9.01. The third-order valence-electron chi connectivity index (χ3n) is 4.32. The molecule has 2 N–H and O–H groups in total. The van der Waals surface area contributed by atoms with E-state index in [1.165, 1.54) is 11.3 Å². The molecule has 1 aromatic carbocycles. The summed E-state index contributed by atoms with van der Waals surface area (Å²) < 4.78 is 6.05. The van der Waals surface area contributed by atoms with Crippen molar-refractivity contribution in [3.05, 3.63) is 39.8 Å². The lowest BCUT2D eigenvalue weighted by Crippen LogP contribution is -2.46. The minimum Gasteiger partial charge on any atom is -0.444 e. The number of halogens is 1. The number of hydrogen-bond acceptors (Lipinski definition) is 6. The average molecular weight is 423 g/mol. The van der Waals surface area contributed by atoms with E-state index in [4.69, 9.17) is 16.3 Å². The molecule has 0 radical (unpaired) electrons. The molecule has 6 nitrogen and oxygen atoms in total. The van der Waals surface area contributed by atoms with E-state index in [2.05, 4.69) is 27.8 Å². The van der Waals surface area contributed by atoms with E-state index in [0.717, 1.165) is 35.6 Å². The molecule has 1 aliphatic heterocycles. The monoisotopic (exact) mass is 422 g/mol. The summed E-state index contributed by atoms with van der Waals surface area (Å²) in [7, 11) is 0. The highest BCUT2D eigenvalue weighted by Crippen LogP contribution is 2.22. The number of hydrogen-bond donors (Lipinski definition) is 2. The third kappa shape index (κ3) is 6.27. The first-order valence-corrected chi connectivity index (χ1v) is 10.7. The maximum absolute atomic E-state index is 12.3. The normalized spacial score (nSPS) is 17.3. The molecule has 2 aromatic rings. The molecule has 0 aliphatic carbocycles. The molecule has 1 fully saturated rings. The summed E-state index contributed by atoms with van der Waals surface area (Å²) >= 11 is 7.33. The third-order valence-corrected chi connectivity index (χ3v) is 5.44. The second-order valence-corrected chi connectivity index (χ2v) is 9.62. The van der Waals surface area contributed by atoms with Crippen LogP contribution < -0.4 is 10.6 Å². The van der Waals surface area contributed by atoms with Crippen molar-refractivity contribution in [2.75, 3.05) is 23.7 Å². The van der Waals surface area contributed by atoms with Crippen LogP contribution in [-0.4, -0.2) is 40.7 Å². The topological polar surface area (TPSA) is 66.5 Å². The van der Waals surface area contributed by atoms with Crippen molar-refractivity contribution in [3.8, 4) is 0 Å². The molecule has 8 heteroatoms. The molecule has 28 heavy (non-hydrogen) atoms. The zero-order chi connectivity index (χ0) is 20.1. The van der Waals surface area contributed by atoms with E-state index in [1.807, 2.05) is 32.9 Å². The molecule has 0 saturated carbocycles. The Morgan fingerprint density at radius 1 is 1.32 bits per heavy atom. The van der Waals surface area contributed by atoms with Gasteiger partial charge in [0.15, 0.2) is 4.47 Å². The fraction of sp³-hybridized carbons (Fsp3) is 0.500. The maximum Gasteiger partial charge on any atom is 0.410 e. The summed E-state index contributed by atoms with van der Waals surface area (Å²) in [4.78, 5) is 19.2. The number of benzene rings is 1. The largest absolute Gasteiger partial charge is 0.444 e. The highest BCUT2D eigenvalue weighted by Gasteiger charge is 2.27.